The van der Waals surface area contributed by atoms with Crippen LogP contribution in [0.15, 0.2) is 0 Å². The second kappa shape index (κ2) is 6.24. The predicted octanol–water partition coefficient (Wildman–Crippen LogP) is 0.663. The number of amides is 2. The maximum Gasteiger partial charge on any atom is 0.242 e. The molecule has 94 valence electrons. The highest BCUT2D eigenvalue weighted by atomic mass is 16.2. The largest absolute Gasteiger partial charge is 0.354 e. The minimum atomic E-state index is -0.418. The fraction of sp³-hybridized carbons (Fsp3) is 0.750. The molecule has 1 unspecified atom stereocenters. The maximum atomic E-state index is 11.9. The molecular weight excluding hydrogens is 218 g/mol. The quantitative estimate of drug-likeness (QED) is 0.783. The van der Waals surface area contributed by atoms with E-state index in [2.05, 4.69) is 5.32 Å². The summed E-state index contributed by atoms with van der Waals surface area (Å²) in [4.78, 5) is 25.3. The van der Waals surface area contributed by atoms with Gasteiger partial charge in [0.25, 0.3) is 0 Å². The van der Waals surface area contributed by atoms with Crippen molar-refractivity contribution in [3.63, 3.8) is 0 Å². The fourth-order valence-corrected chi connectivity index (χ4v) is 2.02. The van der Waals surface area contributed by atoms with Crippen molar-refractivity contribution in [2.75, 3.05) is 13.1 Å². The number of rotatable bonds is 3. The summed E-state index contributed by atoms with van der Waals surface area (Å²) in [5.74, 6) is -0.000995. The van der Waals surface area contributed by atoms with Gasteiger partial charge in [0.1, 0.15) is 12.5 Å². The zero-order valence-electron chi connectivity index (χ0n) is 10.4. The number of hydrogen-bond acceptors (Lipinski definition) is 3. The molecule has 0 aromatic carbocycles. The van der Waals surface area contributed by atoms with Gasteiger partial charge >= 0.3 is 0 Å². The van der Waals surface area contributed by atoms with Gasteiger partial charge in [-0.3, -0.25) is 9.59 Å². The topological polar surface area (TPSA) is 73.2 Å². The second-order valence-electron chi connectivity index (χ2n) is 4.71. The fourth-order valence-electron chi connectivity index (χ4n) is 2.02. The van der Waals surface area contributed by atoms with Crippen molar-refractivity contribution in [1.82, 2.24) is 10.2 Å². The van der Waals surface area contributed by atoms with Crippen LogP contribution >= 0.6 is 0 Å². The molecule has 1 atom stereocenters. The van der Waals surface area contributed by atoms with Gasteiger partial charge in [-0.25, -0.2) is 0 Å². The Morgan fingerprint density at radius 2 is 2.35 bits per heavy atom. The zero-order valence-corrected chi connectivity index (χ0v) is 10.4. The van der Waals surface area contributed by atoms with Gasteiger partial charge in [0, 0.05) is 13.1 Å². The molecule has 0 aromatic rings. The molecule has 0 spiro atoms. The molecule has 17 heavy (non-hydrogen) atoms. The van der Waals surface area contributed by atoms with E-state index in [0.29, 0.717) is 25.4 Å². The van der Waals surface area contributed by atoms with E-state index in [-0.39, 0.29) is 18.2 Å². The third-order valence-corrected chi connectivity index (χ3v) is 2.80. The smallest absolute Gasteiger partial charge is 0.242 e. The van der Waals surface area contributed by atoms with E-state index in [1.54, 1.807) is 4.90 Å². The average Bonchev–Trinajstić information content (AvgIpc) is 2.42. The van der Waals surface area contributed by atoms with Gasteiger partial charge in [0.15, 0.2) is 0 Å². The lowest BCUT2D eigenvalue weighted by molar-refractivity contribution is -0.139. The minimum Gasteiger partial charge on any atom is -0.354 e. The number of nitrogens with zero attached hydrogens (tertiary/aromatic N) is 2. The maximum absolute atomic E-state index is 11.9. The molecule has 1 heterocycles. The van der Waals surface area contributed by atoms with Crippen LogP contribution in [-0.4, -0.2) is 35.8 Å². The van der Waals surface area contributed by atoms with Crippen LogP contribution in [0.5, 0.6) is 0 Å². The highest BCUT2D eigenvalue weighted by Crippen LogP contribution is 2.15. The van der Waals surface area contributed by atoms with Crippen LogP contribution in [0.25, 0.3) is 0 Å². The Morgan fingerprint density at radius 1 is 1.65 bits per heavy atom. The Kier molecular flexibility index (Phi) is 4.95. The molecule has 0 aromatic heterocycles. The third kappa shape index (κ3) is 3.74. The number of carbonyl (C=O) groups is 2. The van der Waals surface area contributed by atoms with Crippen molar-refractivity contribution < 1.29 is 9.59 Å². The van der Waals surface area contributed by atoms with Gasteiger partial charge in [-0.15, -0.1) is 0 Å². The van der Waals surface area contributed by atoms with Crippen molar-refractivity contribution in [2.24, 2.45) is 5.92 Å². The Balaban J connectivity index is 2.83. The average molecular weight is 237 g/mol. The summed E-state index contributed by atoms with van der Waals surface area (Å²) < 4.78 is 0. The molecular formula is C12H19N3O2. The summed E-state index contributed by atoms with van der Waals surface area (Å²) in [7, 11) is 0. The molecule has 1 rings (SSSR count). The first kappa shape index (κ1) is 13.5. The Labute approximate surface area is 102 Å². The van der Waals surface area contributed by atoms with Crippen LogP contribution in [0.1, 0.15) is 33.1 Å². The molecule has 0 aliphatic carbocycles. The molecule has 1 aliphatic heterocycles. The van der Waals surface area contributed by atoms with Crippen LogP contribution in [0, 0.1) is 17.2 Å². The van der Waals surface area contributed by atoms with Crippen molar-refractivity contribution >= 4 is 11.8 Å². The summed E-state index contributed by atoms with van der Waals surface area (Å²) in [6.07, 6.45) is 1.24. The zero-order chi connectivity index (χ0) is 12.8. The summed E-state index contributed by atoms with van der Waals surface area (Å²) in [6, 6.07) is 1.43. The molecule has 5 nitrogen and oxygen atoms in total. The van der Waals surface area contributed by atoms with E-state index in [9.17, 15) is 9.59 Å². The molecule has 0 bridgehead atoms. The van der Waals surface area contributed by atoms with Crippen molar-refractivity contribution in [3.05, 3.63) is 0 Å². The van der Waals surface area contributed by atoms with Crippen LogP contribution in [0.3, 0.4) is 0 Å². The van der Waals surface area contributed by atoms with Crippen LogP contribution in [-0.2, 0) is 9.59 Å². The third-order valence-electron chi connectivity index (χ3n) is 2.80. The van der Waals surface area contributed by atoms with Crippen molar-refractivity contribution in [1.29, 1.82) is 5.26 Å². The van der Waals surface area contributed by atoms with E-state index in [1.165, 1.54) is 0 Å². The number of hydrogen-bond donors (Lipinski definition) is 1. The normalized spacial score (nSPS) is 20.7. The summed E-state index contributed by atoms with van der Waals surface area (Å²) in [5, 5.41) is 11.4. The first-order valence-electron chi connectivity index (χ1n) is 6.00. The Morgan fingerprint density at radius 3 is 2.94 bits per heavy atom. The van der Waals surface area contributed by atoms with E-state index < -0.39 is 6.04 Å². The summed E-state index contributed by atoms with van der Waals surface area (Å²) in [5.41, 5.74) is 0. The van der Waals surface area contributed by atoms with E-state index >= 15 is 0 Å². The second-order valence-corrected chi connectivity index (χ2v) is 4.71. The monoisotopic (exact) mass is 237 g/mol. The highest BCUT2D eigenvalue weighted by Gasteiger charge is 2.31. The van der Waals surface area contributed by atoms with Crippen LogP contribution in [0.4, 0.5) is 0 Å². The van der Waals surface area contributed by atoms with Gasteiger partial charge in [-0.05, 0) is 18.8 Å². The highest BCUT2D eigenvalue weighted by molar-refractivity contribution is 5.88. The van der Waals surface area contributed by atoms with Crippen molar-refractivity contribution in [3.8, 4) is 6.07 Å². The Bertz CT molecular complexity index is 333. The molecule has 1 fully saturated rings. The molecule has 1 aliphatic rings. The molecule has 1 N–H and O–H groups in total. The predicted molar refractivity (Wildman–Crippen MR) is 62.8 cm³/mol. The van der Waals surface area contributed by atoms with Gasteiger partial charge < -0.3 is 10.2 Å². The van der Waals surface area contributed by atoms with E-state index in [4.69, 9.17) is 5.26 Å². The standard InChI is InChI=1S/C12H19N3O2/c1-9(2)8-10-12(17)14-6-3-7-15(10)11(16)4-5-13/h9-10H,3-4,6-8H2,1-2H3,(H,14,17). The van der Waals surface area contributed by atoms with E-state index in [0.717, 1.165) is 6.42 Å². The lowest BCUT2D eigenvalue weighted by atomic mass is 10.0. The number of carbonyl (C=O) groups excluding carboxylic acids is 2. The van der Waals surface area contributed by atoms with E-state index in [1.807, 2.05) is 19.9 Å². The SMILES string of the molecule is CC(C)CC1C(=O)NCCCN1C(=O)CC#N. The van der Waals surface area contributed by atoms with Crippen LogP contribution < -0.4 is 5.32 Å². The molecule has 2 amide bonds. The molecule has 1 saturated heterocycles. The summed E-state index contributed by atoms with van der Waals surface area (Å²) in [6.45, 7) is 5.19. The van der Waals surface area contributed by atoms with Gasteiger partial charge in [-0.2, -0.15) is 5.26 Å². The van der Waals surface area contributed by atoms with Gasteiger partial charge in [0.2, 0.25) is 11.8 Å². The summed E-state index contributed by atoms with van der Waals surface area (Å²) >= 11 is 0. The number of nitrogens with one attached hydrogen (secondary N) is 1. The first-order chi connectivity index (χ1) is 8.06. The van der Waals surface area contributed by atoms with Crippen LogP contribution in [0.2, 0.25) is 0 Å². The first-order valence-corrected chi connectivity index (χ1v) is 6.00. The lowest BCUT2D eigenvalue weighted by Gasteiger charge is -2.29. The lowest BCUT2D eigenvalue weighted by Crippen LogP contribution is -2.47. The Hall–Kier alpha value is -1.57. The van der Waals surface area contributed by atoms with Gasteiger partial charge in [0.05, 0.1) is 6.07 Å². The number of nitriles is 1. The van der Waals surface area contributed by atoms with Gasteiger partial charge in [-0.1, -0.05) is 13.8 Å². The van der Waals surface area contributed by atoms with Crippen molar-refractivity contribution in [2.45, 2.75) is 39.2 Å². The minimum absolute atomic E-state index is 0.0949. The molecule has 5 heteroatoms. The molecule has 0 saturated carbocycles. The molecule has 0 radical (unpaired) electrons.